The van der Waals surface area contributed by atoms with Crippen molar-refractivity contribution >= 4 is 11.5 Å². The quantitative estimate of drug-likeness (QED) is 0.875. The van der Waals surface area contributed by atoms with Crippen molar-refractivity contribution in [2.24, 2.45) is 0 Å². The van der Waals surface area contributed by atoms with Crippen LogP contribution in [0.2, 0.25) is 0 Å². The molecule has 0 amide bonds. The number of rotatable bonds is 3. The Kier molecular flexibility index (Phi) is 5.42. The van der Waals surface area contributed by atoms with Crippen molar-refractivity contribution in [3.8, 4) is 6.07 Å². The molecular formula is C21H24FN5O. The van der Waals surface area contributed by atoms with E-state index >= 15 is 0 Å². The molecule has 0 bridgehead atoms. The number of nitrogens with zero attached hydrogens (tertiary/aromatic N) is 5. The maximum Gasteiger partial charge on any atom is 0.146 e. The molecule has 2 saturated heterocycles. The number of hydrogen-bond acceptors (Lipinski definition) is 6. The van der Waals surface area contributed by atoms with Crippen LogP contribution in [0.1, 0.15) is 12.0 Å². The number of nitriles is 1. The molecule has 1 aromatic carbocycles. The molecule has 7 heteroatoms. The second-order valence-electron chi connectivity index (χ2n) is 7.36. The second-order valence-corrected chi connectivity index (χ2v) is 7.36. The van der Waals surface area contributed by atoms with Gasteiger partial charge in [0.25, 0.3) is 0 Å². The van der Waals surface area contributed by atoms with Gasteiger partial charge in [0.1, 0.15) is 11.6 Å². The normalized spacial score (nSPS) is 23.5. The van der Waals surface area contributed by atoms with E-state index in [9.17, 15) is 9.50 Å². The van der Waals surface area contributed by atoms with Gasteiger partial charge in [-0.05, 0) is 30.7 Å². The third kappa shape index (κ3) is 3.79. The Morgan fingerprint density at radius 1 is 1.07 bits per heavy atom. The number of pyridine rings is 1. The number of piperidine rings is 1. The van der Waals surface area contributed by atoms with Crippen LogP contribution in [0.5, 0.6) is 0 Å². The van der Waals surface area contributed by atoms with Gasteiger partial charge in [-0.15, -0.1) is 0 Å². The van der Waals surface area contributed by atoms with Crippen LogP contribution in [0.4, 0.5) is 15.9 Å². The fourth-order valence-electron chi connectivity index (χ4n) is 4.22. The van der Waals surface area contributed by atoms with E-state index in [1.54, 1.807) is 24.4 Å². The number of halogens is 1. The van der Waals surface area contributed by atoms with Crippen molar-refractivity contribution in [1.29, 1.82) is 5.26 Å². The largest absolute Gasteiger partial charge is 0.390 e. The fourth-order valence-corrected chi connectivity index (χ4v) is 4.22. The summed E-state index contributed by atoms with van der Waals surface area (Å²) in [5, 5.41) is 19.8. The zero-order valence-electron chi connectivity index (χ0n) is 15.7. The van der Waals surface area contributed by atoms with Gasteiger partial charge < -0.3 is 14.9 Å². The summed E-state index contributed by atoms with van der Waals surface area (Å²) in [6, 6.07) is 12.6. The lowest BCUT2D eigenvalue weighted by atomic mass is 9.99. The second kappa shape index (κ2) is 8.13. The summed E-state index contributed by atoms with van der Waals surface area (Å²) in [6.07, 6.45) is 1.98. The number of para-hydroxylation sites is 1. The van der Waals surface area contributed by atoms with E-state index < -0.39 is 6.10 Å². The van der Waals surface area contributed by atoms with Crippen molar-refractivity contribution < 1.29 is 9.50 Å². The topological polar surface area (TPSA) is 66.6 Å². The lowest BCUT2D eigenvalue weighted by Gasteiger charge is -2.45. The molecule has 146 valence electrons. The lowest BCUT2D eigenvalue weighted by molar-refractivity contribution is 0.0336. The minimum Gasteiger partial charge on any atom is -0.390 e. The number of piperazine rings is 1. The molecule has 0 unspecified atom stereocenters. The van der Waals surface area contributed by atoms with Crippen molar-refractivity contribution in [3.63, 3.8) is 0 Å². The van der Waals surface area contributed by atoms with Crippen LogP contribution in [-0.2, 0) is 0 Å². The first-order valence-corrected chi connectivity index (χ1v) is 9.68. The predicted molar refractivity (Wildman–Crippen MR) is 106 cm³/mol. The fraction of sp³-hybridized carbons (Fsp3) is 0.429. The Labute approximate surface area is 164 Å². The van der Waals surface area contributed by atoms with Crippen LogP contribution in [0.25, 0.3) is 0 Å². The molecule has 6 nitrogen and oxygen atoms in total. The summed E-state index contributed by atoms with van der Waals surface area (Å²) >= 11 is 0. The van der Waals surface area contributed by atoms with Gasteiger partial charge >= 0.3 is 0 Å². The molecule has 0 radical (unpaired) electrons. The Bertz CT molecular complexity index is 862. The Balaban J connectivity index is 1.36. The van der Waals surface area contributed by atoms with Gasteiger partial charge in [0.05, 0.1) is 23.4 Å². The van der Waals surface area contributed by atoms with Gasteiger partial charge in [0.15, 0.2) is 0 Å². The van der Waals surface area contributed by atoms with Crippen LogP contribution in [0.3, 0.4) is 0 Å². The zero-order chi connectivity index (χ0) is 19.5. The van der Waals surface area contributed by atoms with E-state index in [1.807, 2.05) is 17.0 Å². The van der Waals surface area contributed by atoms with Gasteiger partial charge in [0.2, 0.25) is 0 Å². The summed E-state index contributed by atoms with van der Waals surface area (Å²) in [6.45, 7) is 4.40. The van der Waals surface area contributed by atoms with Crippen LogP contribution in [0.15, 0.2) is 42.6 Å². The summed E-state index contributed by atoms with van der Waals surface area (Å²) in [4.78, 5) is 10.8. The van der Waals surface area contributed by atoms with Gasteiger partial charge in [-0.1, -0.05) is 12.1 Å². The molecule has 2 atom stereocenters. The van der Waals surface area contributed by atoms with Crippen molar-refractivity contribution in [2.75, 3.05) is 49.1 Å². The van der Waals surface area contributed by atoms with Gasteiger partial charge in [-0.25, -0.2) is 9.37 Å². The number of aliphatic hydroxyl groups excluding tert-OH is 1. The number of hydrogen-bond donors (Lipinski definition) is 1. The average Bonchev–Trinajstić information content (AvgIpc) is 2.74. The molecule has 2 aliphatic rings. The number of aromatic nitrogens is 1. The molecule has 3 heterocycles. The SMILES string of the molecule is N#Cc1ccnc(N2CC[C@@H](N3CCN(c4ccccc4F)CC3)[C@H](O)C2)c1. The summed E-state index contributed by atoms with van der Waals surface area (Å²) < 4.78 is 14.0. The van der Waals surface area contributed by atoms with E-state index in [0.717, 1.165) is 45.0 Å². The third-order valence-corrected chi connectivity index (χ3v) is 5.72. The van der Waals surface area contributed by atoms with E-state index in [-0.39, 0.29) is 11.9 Å². The van der Waals surface area contributed by atoms with Crippen LogP contribution in [0, 0.1) is 17.1 Å². The predicted octanol–water partition coefficient (Wildman–Crippen LogP) is 1.85. The van der Waals surface area contributed by atoms with E-state index in [4.69, 9.17) is 5.26 Å². The van der Waals surface area contributed by atoms with Gasteiger partial charge in [0, 0.05) is 51.5 Å². The maximum atomic E-state index is 14.0. The minimum absolute atomic E-state index is 0.0955. The van der Waals surface area contributed by atoms with Crippen LogP contribution < -0.4 is 9.80 Å². The van der Waals surface area contributed by atoms with E-state index in [2.05, 4.69) is 20.9 Å². The first kappa shape index (κ1) is 18.7. The molecule has 0 spiro atoms. The zero-order valence-corrected chi connectivity index (χ0v) is 15.7. The molecule has 0 saturated carbocycles. The average molecular weight is 381 g/mol. The highest BCUT2D eigenvalue weighted by Gasteiger charge is 2.34. The molecule has 1 N–H and O–H groups in total. The van der Waals surface area contributed by atoms with Crippen molar-refractivity contribution in [3.05, 3.63) is 54.0 Å². The van der Waals surface area contributed by atoms with Gasteiger partial charge in [-0.2, -0.15) is 5.26 Å². The van der Waals surface area contributed by atoms with Crippen LogP contribution >= 0.6 is 0 Å². The molecular weight excluding hydrogens is 357 g/mol. The summed E-state index contributed by atoms with van der Waals surface area (Å²) in [5.74, 6) is 0.553. The highest BCUT2D eigenvalue weighted by atomic mass is 19.1. The standard InChI is InChI=1S/C21H24FN5O/c22-17-3-1-2-4-18(17)25-9-11-26(12-10-25)19-6-8-27(15-20(19)28)21-13-16(14-23)5-7-24-21/h1-5,7,13,19-20,28H,6,8-12,15H2/t19-,20-/m1/s1. The number of aliphatic hydroxyl groups is 1. The highest BCUT2D eigenvalue weighted by Crippen LogP contribution is 2.25. The molecule has 2 aromatic rings. The molecule has 2 aliphatic heterocycles. The van der Waals surface area contributed by atoms with Crippen molar-refractivity contribution in [1.82, 2.24) is 9.88 Å². The van der Waals surface area contributed by atoms with E-state index in [1.165, 1.54) is 6.07 Å². The number of β-amino-alcohol motifs (C(OH)–C–C–N with tert-alkyl or cyclic N) is 1. The number of benzene rings is 1. The summed E-state index contributed by atoms with van der Waals surface area (Å²) in [5.41, 5.74) is 1.23. The Morgan fingerprint density at radius 3 is 2.57 bits per heavy atom. The minimum atomic E-state index is -0.485. The lowest BCUT2D eigenvalue weighted by Crippen LogP contribution is -2.59. The molecule has 2 fully saturated rings. The van der Waals surface area contributed by atoms with Crippen LogP contribution in [-0.4, -0.2) is 66.4 Å². The molecule has 4 rings (SSSR count). The Morgan fingerprint density at radius 2 is 1.86 bits per heavy atom. The highest BCUT2D eigenvalue weighted by molar-refractivity contribution is 5.48. The third-order valence-electron chi connectivity index (χ3n) is 5.72. The summed E-state index contributed by atoms with van der Waals surface area (Å²) in [7, 11) is 0. The molecule has 28 heavy (non-hydrogen) atoms. The van der Waals surface area contributed by atoms with Crippen molar-refractivity contribution in [2.45, 2.75) is 18.6 Å². The first-order valence-electron chi connectivity index (χ1n) is 9.68. The maximum absolute atomic E-state index is 14.0. The first-order chi connectivity index (χ1) is 13.7. The number of anilines is 2. The van der Waals surface area contributed by atoms with Gasteiger partial charge in [-0.3, -0.25) is 4.90 Å². The van der Waals surface area contributed by atoms with E-state index in [0.29, 0.717) is 17.8 Å². The molecule has 1 aromatic heterocycles. The Hall–Kier alpha value is -2.69. The smallest absolute Gasteiger partial charge is 0.146 e. The monoisotopic (exact) mass is 381 g/mol. The molecule has 0 aliphatic carbocycles.